The van der Waals surface area contributed by atoms with Crippen molar-refractivity contribution < 1.29 is 0 Å². The number of benzene rings is 1. The van der Waals surface area contributed by atoms with Crippen molar-refractivity contribution in [1.29, 1.82) is 0 Å². The fourth-order valence-electron chi connectivity index (χ4n) is 2.09. The van der Waals surface area contributed by atoms with Crippen molar-refractivity contribution in [1.82, 2.24) is 15.3 Å². The van der Waals surface area contributed by atoms with Gasteiger partial charge in [0.05, 0.1) is 11.7 Å². The van der Waals surface area contributed by atoms with Crippen LogP contribution in [0.3, 0.4) is 0 Å². The second-order valence-corrected chi connectivity index (χ2v) is 4.43. The van der Waals surface area contributed by atoms with Crippen LogP contribution in [-0.4, -0.2) is 16.5 Å². The van der Waals surface area contributed by atoms with Crippen LogP contribution in [0.15, 0.2) is 42.9 Å². The smallest absolute Gasteiger partial charge is 0.0759 e. The third-order valence-corrected chi connectivity index (χ3v) is 2.91. The van der Waals surface area contributed by atoms with Gasteiger partial charge in [0, 0.05) is 18.6 Å². The fourth-order valence-corrected chi connectivity index (χ4v) is 2.09. The van der Waals surface area contributed by atoms with Gasteiger partial charge in [0.1, 0.15) is 0 Å². The molecule has 18 heavy (non-hydrogen) atoms. The van der Waals surface area contributed by atoms with Crippen molar-refractivity contribution in [3.63, 3.8) is 0 Å². The van der Waals surface area contributed by atoms with Gasteiger partial charge in [-0.3, -0.25) is 9.97 Å². The quantitative estimate of drug-likeness (QED) is 0.874. The highest BCUT2D eigenvalue weighted by Crippen LogP contribution is 2.16. The van der Waals surface area contributed by atoms with E-state index < -0.39 is 0 Å². The van der Waals surface area contributed by atoms with Gasteiger partial charge in [-0.2, -0.15) is 0 Å². The lowest BCUT2D eigenvalue weighted by Gasteiger charge is -2.17. The zero-order valence-corrected chi connectivity index (χ0v) is 10.9. The van der Waals surface area contributed by atoms with Crippen molar-refractivity contribution in [2.45, 2.75) is 26.3 Å². The number of aryl methyl sites for hydroxylation is 1. The molecule has 0 bridgehead atoms. The summed E-state index contributed by atoms with van der Waals surface area (Å²) in [5.74, 6) is 0. The molecule has 0 aliphatic rings. The van der Waals surface area contributed by atoms with Crippen LogP contribution in [0.4, 0.5) is 0 Å². The standard InChI is InChI=1S/C15H19N3/c1-3-17-14(15-11-16-7-8-18-15)10-13-6-4-5-12(2)9-13/h4-9,11,14,17H,3,10H2,1-2H3. The topological polar surface area (TPSA) is 37.8 Å². The van der Waals surface area contributed by atoms with E-state index >= 15 is 0 Å². The van der Waals surface area contributed by atoms with E-state index in [9.17, 15) is 0 Å². The van der Waals surface area contributed by atoms with Gasteiger partial charge < -0.3 is 5.32 Å². The Labute approximate surface area is 108 Å². The summed E-state index contributed by atoms with van der Waals surface area (Å²) in [6, 6.07) is 8.83. The van der Waals surface area contributed by atoms with Gasteiger partial charge in [0.25, 0.3) is 0 Å². The summed E-state index contributed by atoms with van der Waals surface area (Å²) >= 11 is 0. The molecule has 0 aliphatic heterocycles. The molecule has 3 heteroatoms. The molecule has 2 aromatic rings. The van der Waals surface area contributed by atoms with Crippen LogP contribution in [0.25, 0.3) is 0 Å². The molecule has 1 N–H and O–H groups in total. The molecule has 0 aliphatic carbocycles. The Morgan fingerprint density at radius 2 is 2.17 bits per heavy atom. The lowest BCUT2D eigenvalue weighted by Crippen LogP contribution is -2.24. The lowest BCUT2D eigenvalue weighted by atomic mass is 10.0. The number of nitrogens with zero attached hydrogens (tertiary/aromatic N) is 2. The second-order valence-electron chi connectivity index (χ2n) is 4.43. The van der Waals surface area contributed by atoms with E-state index in [1.54, 1.807) is 12.4 Å². The highest BCUT2D eigenvalue weighted by molar-refractivity contribution is 5.24. The predicted octanol–water partition coefficient (Wildman–Crippen LogP) is 2.68. The molecular formula is C15H19N3. The molecule has 0 amide bonds. The van der Waals surface area contributed by atoms with Crippen LogP contribution in [0.5, 0.6) is 0 Å². The molecule has 94 valence electrons. The number of rotatable bonds is 5. The molecule has 1 atom stereocenters. The van der Waals surface area contributed by atoms with Gasteiger partial charge in [0.15, 0.2) is 0 Å². The number of hydrogen-bond acceptors (Lipinski definition) is 3. The molecule has 3 nitrogen and oxygen atoms in total. The predicted molar refractivity (Wildman–Crippen MR) is 73.3 cm³/mol. The highest BCUT2D eigenvalue weighted by Gasteiger charge is 2.12. The molecule has 1 aromatic carbocycles. The lowest BCUT2D eigenvalue weighted by molar-refractivity contribution is 0.534. The molecule has 0 spiro atoms. The summed E-state index contributed by atoms with van der Waals surface area (Å²) in [6.45, 7) is 5.15. The van der Waals surface area contributed by atoms with Gasteiger partial charge in [-0.15, -0.1) is 0 Å². The molecule has 2 rings (SSSR count). The number of nitrogens with one attached hydrogen (secondary N) is 1. The Morgan fingerprint density at radius 1 is 1.28 bits per heavy atom. The molecule has 0 saturated heterocycles. The Balaban J connectivity index is 2.16. The molecule has 0 radical (unpaired) electrons. The zero-order valence-electron chi connectivity index (χ0n) is 10.9. The van der Waals surface area contributed by atoms with Crippen LogP contribution in [0.1, 0.15) is 29.8 Å². The minimum absolute atomic E-state index is 0.227. The number of likely N-dealkylation sites (N-methyl/N-ethyl adjacent to an activating group) is 1. The van der Waals surface area contributed by atoms with Gasteiger partial charge >= 0.3 is 0 Å². The van der Waals surface area contributed by atoms with Gasteiger partial charge in [-0.25, -0.2) is 0 Å². The first kappa shape index (κ1) is 12.7. The van der Waals surface area contributed by atoms with E-state index in [4.69, 9.17) is 0 Å². The van der Waals surface area contributed by atoms with Crippen molar-refractivity contribution in [2.24, 2.45) is 0 Å². The second kappa shape index (κ2) is 6.26. The van der Waals surface area contributed by atoms with Crippen LogP contribution < -0.4 is 5.32 Å². The van der Waals surface area contributed by atoms with Crippen LogP contribution >= 0.6 is 0 Å². The Kier molecular flexibility index (Phi) is 4.42. The fraction of sp³-hybridized carbons (Fsp3) is 0.333. The highest BCUT2D eigenvalue weighted by atomic mass is 14.9. The summed E-state index contributed by atoms with van der Waals surface area (Å²) < 4.78 is 0. The minimum Gasteiger partial charge on any atom is -0.309 e. The summed E-state index contributed by atoms with van der Waals surface area (Å²) in [5.41, 5.74) is 3.62. The average Bonchev–Trinajstić information content (AvgIpc) is 2.39. The maximum Gasteiger partial charge on any atom is 0.0759 e. The Bertz CT molecular complexity index is 482. The normalized spacial score (nSPS) is 12.3. The summed E-state index contributed by atoms with van der Waals surface area (Å²) in [6.07, 6.45) is 6.23. The van der Waals surface area contributed by atoms with Gasteiger partial charge in [-0.05, 0) is 25.5 Å². The third kappa shape index (κ3) is 3.37. The van der Waals surface area contributed by atoms with E-state index in [1.807, 2.05) is 6.20 Å². The van der Waals surface area contributed by atoms with Crippen LogP contribution in [-0.2, 0) is 6.42 Å². The Morgan fingerprint density at radius 3 is 2.83 bits per heavy atom. The SMILES string of the molecule is CCNC(Cc1cccc(C)c1)c1cnccn1. The van der Waals surface area contributed by atoms with E-state index in [0.29, 0.717) is 0 Å². The van der Waals surface area contributed by atoms with Crippen molar-refractivity contribution >= 4 is 0 Å². The first-order chi connectivity index (χ1) is 8.79. The molecule has 1 aromatic heterocycles. The van der Waals surface area contributed by atoms with Gasteiger partial charge in [-0.1, -0.05) is 36.8 Å². The van der Waals surface area contributed by atoms with Crippen molar-refractivity contribution in [3.8, 4) is 0 Å². The Hall–Kier alpha value is -1.74. The maximum absolute atomic E-state index is 4.39. The first-order valence-corrected chi connectivity index (χ1v) is 6.34. The van der Waals surface area contributed by atoms with Crippen molar-refractivity contribution in [3.05, 3.63) is 59.7 Å². The largest absolute Gasteiger partial charge is 0.309 e. The molecule has 1 heterocycles. The van der Waals surface area contributed by atoms with E-state index in [0.717, 1.165) is 18.7 Å². The summed E-state index contributed by atoms with van der Waals surface area (Å²) in [5, 5.41) is 3.46. The molecule has 0 fully saturated rings. The number of hydrogen-bond donors (Lipinski definition) is 1. The average molecular weight is 241 g/mol. The molecule has 1 unspecified atom stereocenters. The van der Waals surface area contributed by atoms with E-state index in [-0.39, 0.29) is 6.04 Å². The first-order valence-electron chi connectivity index (χ1n) is 6.34. The van der Waals surface area contributed by atoms with Gasteiger partial charge in [0.2, 0.25) is 0 Å². The van der Waals surface area contributed by atoms with E-state index in [1.165, 1.54) is 11.1 Å². The third-order valence-electron chi connectivity index (χ3n) is 2.91. The zero-order chi connectivity index (χ0) is 12.8. The monoisotopic (exact) mass is 241 g/mol. The summed E-state index contributed by atoms with van der Waals surface area (Å²) in [7, 11) is 0. The minimum atomic E-state index is 0.227. The number of aromatic nitrogens is 2. The van der Waals surface area contributed by atoms with E-state index in [2.05, 4.69) is 53.4 Å². The summed E-state index contributed by atoms with van der Waals surface area (Å²) in [4.78, 5) is 8.54. The van der Waals surface area contributed by atoms with Crippen molar-refractivity contribution in [2.75, 3.05) is 6.54 Å². The van der Waals surface area contributed by atoms with Crippen LogP contribution in [0, 0.1) is 6.92 Å². The molecule has 0 saturated carbocycles. The van der Waals surface area contributed by atoms with Crippen LogP contribution in [0.2, 0.25) is 0 Å². The maximum atomic E-state index is 4.39. The molecular weight excluding hydrogens is 222 g/mol.